The number of aliphatic hydroxyl groups is 1. The fourth-order valence-corrected chi connectivity index (χ4v) is 7.81. The number of allylic oxidation sites excluding steroid dienone is 2. The second kappa shape index (κ2) is 15.2. The Bertz CT molecular complexity index is 1730. The van der Waals surface area contributed by atoms with Gasteiger partial charge in [0.1, 0.15) is 0 Å². The molecule has 0 atom stereocenters. The molecule has 0 bridgehead atoms. The number of nitrogens with zero attached hydrogens (tertiary/aromatic N) is 1. The molecule has 0 saturated heterocycles. The maximum absolute atomic E-state index is 11.7. The Kier molecular flexibility index (Phi) is 12.5. The van der Waals surface area contributed by atoms with Gasteiger partial charge in [0.05, 0.1) is 5.76 Å². The predicted octanol–water partition coefficient (Wildman–Crippen LogP) is 12.0. The van der Waals surface area contributed by atoms with Gasteiger partial charge in [0, 0.05) is 49.9 Å². The zero-order valence-corrected chi connectivity index (χ0v) is 33.0. The van der Waals surface area contributed by atoms with Crippen LogP contribution in [0.1, 0.15) is 125 Å². The van der Waals surface area contributed by atoms with Crippen LogP contribution in [0, 0.1) is 17.9 Å². The monoisotopic (exact) mass is 811 g/mol. The Hall–Kier alpha value is -2.81. The van der Waals surface area contributed by atoms with Crippen LogP contribution in [0.25, 0.3) is 32.8 Å². The van der Waals surface area contributed by atoms with E-state index < -0.39 is 0 Å². The van der Waals surface area contributed by atoms with Gasteiger partial charge < -0.3 is 5.11 Å². The SMILES string of the molecule is CC(C)(C)c1cc(-c2nccc3c4c(ccc23)C(C)(C)CC4(C)C)[c-]c2ccccc12.CCC(CC)C(=O)/C=C(\O)C(CC)CC.[Ir]. The van der Waals surface area contributed by atoms with E-state index in [1.54, 1.807) is 0 Å². The number of hydrogen-bond acceptors (Lipinski definition) is 3. The number of carbonyl (C=O) groups excluding carboxylic acids is 1. The zero-order chi connectivity index (χ0) is 34.0. The van der Waals surface area contributed by atoms with E-state index in [4.69, 9.17) is 4.98 Å². The summed E-state index contributed by atoms with van der Waals surface area (Å²) < 4.78 is 0. The maximum atomic E-state index is 11.7. The number of benzene rings is 3. The number of hydrogen-bond donors (Lipinski definition) is 1. The Labute approximate surface area is 298 Å². The van der Waals surface area contributed by atoms with E-state index in [1.807, 2.05) is 33.9 Å². The van der Waals surface area contributed by atoms with Gasteiger partial charge in [-0.1, -0.05) is 117 Å². The van der Waals surface area contributed by atoms with Crippen LogP contribution in [0.5, 0.6) is 0 Å². The molecule has 255 valence electrons. The maximum Gasteiger partial charge on any atom is 0.162 e. The first kappa shape index (κ1) is 38.6. The molecule has 5 rings (SSSR count). The molecule has 0 fully saturated rings. The van der Waals surface area contributed by atoms with E-state index in [2.05, 4.69) is 103 Å². The molecule has 3 aromatic carbocycles. The first-order valence-electron chi connectivity index (χ1n) is 17.4. The van der Waals surface area contributed by atoms with E-state index in [-0.39, 0.29) is 59.7 Å². The summed E-state index contributed by atoms with van der Waals surface area (Å²) in [7, 11) is 0. The average molecular weight is 811 g/mol. The molecule has 0 spiro atoms. The van der Waals surface area contributed by atoms with E-state index in [9.17, 15) is 9.90 Å². The van der Waals surface area contributed by atoms with Gasteiger partial charge in [-0.2, -0.15) is 0 Å². The predicted molar refractivity (Wildman–Crippen MR) is 197 cm³/mol. The molecule has 0 saturated carbocycles. The van der Waals surface area contributed by atoms with Crippen molar-refractivity contribution in [1.29, 1.82) is 0 Å². The van der Waals surface area contributed by atoms with Crippen LogP contribution in [-0.2, 0) is 41.1 Å². The van der Waals surface area contributed by atoms with Crippen molar-refractivity contribution in [3.63, 3.8) is 0 Å². The second-order valence-electron chi connectivity index (χ2n) is 15.6. The number of aromatic nitrogens is 1. The minimum Gasteiger partial charge on any atom is -0.512 e. The molecule has 0 amide bonds. The Morgan fingerprint density at radius 3 is 2.09 bits per heavy atom. The second-order valence-corrected chi connectivity index (χ2v) is 15.6. The van der Waals surface area contributed by atoms with Crippen molar-refractivity contribution < 1.29 is 30.0 Å². The van der Waals surface area contributed by atoms with Gasteiger partial charge in [-0.25, -0.2) is 0 Å². The molecule has 0 aliphatic heterocycles. The summed E-state index contributed by atoms with van der Waals surface area (Å²) in [6.45, 7) is 24.5. The molecule has 1 N–H and O–H groups in total. The van der Waals surface area contributed by atoms with E-state index >= 15 is 0 Å². The number of aliphatic hydroxyl groups excluding tert-OH is 1. The number of fused-ring (bicyclic) bond motifs is 4. The number of carbonyl (C=O) groups is 1. The molecular formula is C43H56IrNO2-. The first-order chi connectivity index (χ1) is 21.6. The van der Waals surface area contributed by atoms with Crippen molar-refractivity contribution in [3.05, 3.63) is 89.3 Å². The minimum atomic E-state index is 0. The normalized spacial score (nSPS) is 15.4. The fraction of sp³-hybridized carbons (Fsp3) is 0.488. The molecule has 1 aromatic heterocycles. The van der Waals surface area contributed by atoms with Gasteiger partial charge in [-0.05, 0) is 76.3 Å². The third kappa shape index (κ3) is 8.09. The van der Waals surface area contributed by atoms with Crippen molar-refractivity contribution in [1.82, 2.24) is 4.98 Å². The van der Waals surface area contributed by atoms with Gasteiger partial charge >= 0.3 is 0 Å². The molecule has 1 heterocycles. The molecule has 1 aliphatic carbocycles. The fourth-order valence-electron chi connectivity index (χ4n) is 7.81. The standard InChI is InChI=1S/C30H32N.C13H24O2.Ir/c1-28(2,3)25-17-20(16-19-10-8-9-11-21(19)25)27-23-12-13-24-26(22(23)14-15-31-27)30(6,7)18-29(24,4)5;1-5-10(6-2)12(14)9-13(15)11(7-3)8-4;/h8-15,17H,18H2,1-7H3;9-11,14H,5-8H2,1-4H3;/q-1;;/b;12-9-;. The molecule has 4 aromatic rings. The molecule has 3 nitrogen and oxygen atoms in total. The van der Waals surface area contributed by atoms with E-state index in [0.29, 0.717) is 0 Å². The van der Waals surface area contributed by atoms with E-state index in [0.717, 1.165) is 42.3 Å². The molecule has 1 radical (unpaired) electrons. The van der Waals surface area contributed by atoms with Gasteiger partial charge in [-0.15, -0.1) is 29.1 Å². The van der Waals surface area contributed by atoms with Crippen LogP contribution in [-0.4, -0.2) is 15.9 Å². The summed E-state index contributed by atoms with van der Waals surface area (Å²) in [6.07, 6.45) is 8.06. The third-order valence-corrected chi connectivity index (χ3v) is 10.2. The van der Waals surface area contributed by atoms with Crippen LogP contribution < -0.4 is 0 Å². The zero-order valence-electron chi connectivity index (χ0n) is 30.6. The first-order valence-corrected chi connectivity index (χ1v) is 17.4. The quantitative estimate of drug-likeness (QED) is 0.110. The van der Waals surface area contributed by atoms with Gasteiger partial charge in [0.15, 0.2) is 5.78 Å². The summed E-state index contributed by atoms with van der Waals surface area (Å²) in [6, 6.07) is 21.5. The number of ketones is 1. The summed E-state index contributed by atoms with van der Waals surface area (Å²) in [5.41, 5.74) is 6.85. The smallest absolute Gasteiger partial charge is 0.162 e. The third-order valence-electron chi connectivity index (χ3n) is 10.2. The molecule has 1 aliphatic rings. The Balaban J connectivity index is 0.000000322. The van der Waals surface area contributed by atoms with Crippen molar-refractivity contribution in [2.24, 2.45) is 11.8 Å². The molecule has 47 heavy (non-hydrogen) atoms. The Morgan fingerprint density at radius 2 is 1.49 bits per heavy atom. The van der Waals surface area contributed by atoms with Gasteiger partial charge in [0.2, 0.25) is 0 Å². The van der Waals surface area contributed by atoms with Crippen molar-refractivity contribution >= 4 is 27.3 Å². The number of rotatable bonds is 8. The van der Waals surface area contributed by atoms with Crippen LogP contribution >= 0.6 is 0 Å². The largest absolute Gasteiger partial charge is 0.512 e. The average Bonchev–Trinajstić information content (AvgIpc) is 3.20. The topological polar surface area (TPSA) is 50.2 Å². The van der Waals surface area contributed by atoms with Crippen molar-refractivity contribution in [2.75, 3.05) is 0 Å². The minimum absolute atomic E-state index is 0. The summed E-state index contributed by atoms with van der Waals surface area (Å²) in [5.74, 6) is 0.547. The number of pyridine rings is 1. The van der Waals surface area contributed by atoms with Crippen LogP contribution in [0.15, 0.2) is 66.6 Å². The molecule has 0 unspecified atom stereocenters. The summed E-state index contributed by atoms with van der Waals surface area (Å²) >= 11 is 0. The van der Waals surface area contributed by atoms with E-state index in [1.165, 1.54) is 45.3 Å². The van der Waals surface area contributed by atoms with Crippen LogP contribution in [0.2, 0.25) is 0 Å². The Morgan fingerprint density at radius 1 is 0.872 bits per heavy atom. The van der Waals surface area contributed by atoms with Gasteiger partial charge in [-0.3, -0.25) is 9.78 Å². The van der Waals surface area contributed by atoms with Crippen molar-refractivity contribution in [2.45, 2.75) is 125 Å². The van der Waals surface area contributed by atoms with Crippen molar-refractivity contribution in [3.8, 4) is 11.3 Å². The summed E-state index contributed by atoms with van der Waals surface area (Å²) in [4.78, 5) is 16.6. The van der Waals surface area contributed by atoms with Gasteiger partial charge in [0.25, 0.3) is 0 Å². The van der Waals surface area contributed by atoms with Crippen LogP contribution in [0.3, 0.4) is 0 Å². The van der Waals surface area contributed by atoms with Crippen LogP contribution in [0.4, 0.5) is 0 Å². The summed E-state index contributed by atoms with van der Waals surface area (Å²) in [5, 5.41) is 14.8. The molecular weight excluding hydrogens is 755 g/mol. The molecule has 4 heteroatoms.